The van der Waals surface area contributed by atoms with Gasteiger partial charge in [0.2, 0.25) is 5.95 Å². The van der Waals surface area contributed by atoms with Crippen LogP contribution in [-0.2, 0) is 6.54 Å². The number of benzene rings is 1. The number of piperidine rings is 1. The maximum absolute atomic E-state index is 12.8. The number of fused-ring (bicyclic) bond motifs is 1. The van der Waals surface area contributed by atoms with E-state index in [1.54, 1.807) is 31.5 Å². The summed E-state index contributed by atoms with van der Waals surface area (Å²) in [5, 5.41) is 9.28. The molecular weight excluding hydrogens is 470 g/mol. The monoisotopic (exact) mass is 503 g/mol. The first-order chi connectivity index (χ1) is 17.9. The van der Waals surface area contributed by atoms with Crippen LogP contribution in [-0.4, -0.2) is 71.1 Å². The van der Waals surface area contributed by atoms with Gasteiger partial charge in [0.15, 0.2) is 0 Å². The largest absolute Gasteiger partial charge is 0.495 e. The molecule has 1 fully saturated rings. The van der Waals surface area contributed by atoms with E-state index in [0.717, 1.165) is 55.0 Å². The zero-order valence-electron chi connectivity index (χ0n) is 21.7. The van der Waals surface area contributed by atoms with Crippen molar-refractivity contribution in [3.8, 4) is 17.0 Å². The Morgan fingerprint density at radius 2 is 1.95 bits per heavy atom. The molecule has 2 amide bonds. The molecule has 1 saturated heterocycles. The van der Waals surface area contributed by atoms with Gasteiger partial charge in [-0.15, -0.1) is 0 Å². The minimum Gasteiger partial charge on any atom is -0.495 e. The average molecular weight is 504 g/mol. The maximum atomic E-state index is 12.8. The van der Waals surface area contributed by atoms with E-state index in [-0.39, 0.29) is 17.9 Å². The van der Waals surface area contributed by atoms with E-state index in [9.17, 15) is 9.59 Å². The summed E-state index contributed by atoms with van der Waals surface area (Å²) in [6.45, 7) is 7.27. The van der Waals surface area contributed by atoms with Crippen LogP contribution in [0.5, 0.6) is 5.75 Å². The van der Waals surface area contributed by atoms with Crippen molar-refractivity contribution in [2.75, 3.05) is 39.1 Å². The summed E-state index contributed by atoms with van der Waals surface area (Å²) >= 11 is 0. The number of likely N-dealkylation sites (tertiary alicyclic amines) is 1. The fourth-order valence-corrected chi connectivity index (χ4v) is 5.25. The fourth-order valence-electron chi connectivity index (χ4n) is 5.25. The zero-order valence-corrected chi connectivity index (χ0v) is 21.7. The molecule has 194 valence electrons. The van der Waals surface area contributed by atoms with Crippen LogP contribution in [0.4, 0.5) is 11.6 Å². The number of hydrogen-bond donors (Lipinski definition) is 3. The van der Waals surface area contributed by atoms with Gasteiger partial charge in [-0.1, -0.05) is 0 Å². The Balaban J connectivity index is 1.36. The van der Waals surface area contributed by atoms with Gasteiger partial charge >= 0.3 is 0 Å². The zero-order chi connectivity index (χ0) is 26.1. The third-order valence-corrected chi connectivity index (χ3v) is 7.28. The lowest BCUT2D eigenvalue weighted by Gasteiger charge is -2.29. The van der Waals surface area contributed by atoms with Gasteiger partial charge in [0.1, 0.15) is 11.4 Å². The van der Waals surface area contributed by atoms with Crippen molar-refractivity contribution in [1.29, 1.82) is 0 Å². The predicted molar refractivity (Wildman–Crippen MR) is 142 cm³/mol. The number of amides is 2. The smallest absolute Gasteiger partial charge is 0.268 e. The summed E-state index contributed by atoms with van der Waals surface area (Å²) in [4.78, 5) is 36.7. The van der Waals surface area contributed by atoms with Gasteiger partial charge in [0.25, 0.3) is 11.8 Å². The number of ether oxygens (including phenoxy) is 1. The van der Waals surface area contributed by atoms with Crippen molar-refractivity contribution in [1.82, 2.24) is 30.1 Å². The van der Waals surface area contributed by atoms with E-state index in [2.05, 4.69) is 37.4 Å². The number of hydrogen-bond acceptors (Lipinski definition) is 7. The summed E-state index contributed by atoms with van der Waals surface area (Å²) in [5.41, 5.74) is 5.45. The van der Waals surface area contributed by atoms with Crippen LogP contribution in [0, 0.1) is 13.8 Å². The Bertz CT molecular complexity index is 1340. The topological polar surface area (TPSA) is 113 Å². The normalized spacial score (nSPS) is 16.2. The van der Waals surface area contributed by atoms with Gasteiger partial charge in [-0.25, -0.2) is 9.97 Å². The first kappa shape index (κ1) is 24.8. The molecule has 3 aromatic rings. The number of carbonyl (C=O) groups is 2. The number of aromatic nitrogens is 3. The van der Waals surface area contributed by atoms with Crippen LogP contribution in [0.25, 0.3) is 11.3 Å². The number of methoxy groups -OCH3 is 1. The number of carbonyl (C=O) groups excluding carboxylic acids is 2. The van der Waals surface area contributed by atoms with Gasteiger partial charge in [0.05, 0.1) is 18.5 Å². The van der Waals surface area contributed by atoms with Gasteiger partial charge in [-0.2, -0.15) is 0 Å². The molecule has 10 heteroatoms. The molecule has 3 N–H and O–H groups in total. The molecule has 4 heterocycles. The second-order valence-electron chi connectivity index (χ2n) is 9.70. The molecule has 0 atom stereocenters. The van der Waals surface area contributed by atoms with E-state index in [1.165, 1.54) is 0 Å². The molecule has 0 bridgehead atoms. The fraction of sp³-hybridized carbons (Fsp3) is 0.407. The van der Waals surface area contributed by atoms with Crippen molar-refractivity contribution >= 4 is 23.5 Å². The number of nitrogens with one attached hydrogen (secondary N) is 3. The Morgan fingerprint density at radius 1 is 1.16 bits per heavy atom. The summed E-state index contributed by atoms with van der Waals surface area (Å²) in [5.74, 6) is 0.751. The SMILES string of the molecule is COc1cc(C(=O)NC2CCN(C)CC2)ccc1Nc1nccc(-c2c(C)c3n(c2C)CCNC3=O)n1. The summed E-state index contributed by atoms with van der Waals surface area (Å²) in [7, 11) is 3.67. The van der Waals surface area contributed by atoms with Crippen molar-refractivity contribution < 1.29 is 14.3 Å². The van der Waals surface area contributed by atoms with E-state index < -0.39 is 0 Å². The number of rotatable bonds is 6. The Morgan fingerprint density at radius 3 is 2.68 bits per heavy atom. The molecule has 10 nitrogen and oxygen atoms in total. The van der Waals surface area contributed by atoms with E-state index >= 15 is 0 Å². The molecule has 1 aromatic carbocycles. The van der Waals surface area contributed by atoms with E-state index in [4.69, 9.17) is 9.72 Å². The van der Waals surface area contributed by atoms with Crippen LogP contribution < -0.4 is 20.7 Å². The third-order valence-electron chi connectivity index (χ3n) is 7.28. The number of anilines is 2. The second-order valence-corrected chi connectivity index (χ2v) is 9.70. The average Bonchev–Trinajstić information content (AvgIpc) is 3.16. The maximum Gasteiger partial charge on any atom is 0.268 e. The lowest BCUT2D eigenvalue weighted by molar-refractivity contribution is 0.0912. The van der Waals surface area contributed by atoms with Crippen molar-refractivity contribution in [3.05, 3.63) is 53.0 Å². The molecule has 37 heavy (non-hydrogen) atoms. The Hall–Kier alpha value is -3.92. The van der Waals surface area contributed by atoms with Crippen molar-refractivity contribution in [2.45, 2.75) is 39.3 Å². The highest BCUT2D eigenvalue weighted by Crippen LogP contribution is 2.33. The highest BCUT2D eigenvalue weighted by Gasteiger charge is 2.27. The molecule has 0 radical (unpaired) electrons. The minimum atomic E-state index is -0.106. The van der Waals surface area contributed by atoms with Gasteiger partial charge in [-0.3, -0.25) is 9.59 Å². The number of nitrogens with zero attached hydrogens (tertiary/aromatic N) is 4. The van der Waals surface area contributed by atoms with Crippen LogP contribution in [0.3, 0.4) is 0 Å². The Labute approximate surface area is 216 Å². The summed E-state index contributed by atoms with van der Waals surface area (Å²) in [6, 6.07) is 7.33. The predicted octanol–water partition coefficient (Wildman–Crippen LogP) is 2.88. The van der Waals surface area contributed by atoms with Crippen LogP contribution in [0.15, 0.2) is 30.5 Å². The first-order valence-corrected chi connectivity index (χ1v) is 12.6. The third kappa shape index (κ3) is 4.89. The van der Waals surface area contributed by atoms with Crippen LogP contribution in [0.1, 0.15) is 44.9 Å². The molecule has 0 aliphatic carbocycles. The van der Waals surface area contributed by atoms with Crippen molar-refractivity contribution in [2.24, 2.45) is 0 Å². The molecule has 0 saturated carbocycles. The summed E-state index contributed by atoms with van der Waals surface area (Å²) in [6.07, 6.45) is 3.58. The van der Waals surface area contributed by atoms with Crippen LogP contribution >= 0.6 is 0 Å². The standard InChI is InChI=1S/C27H33N7O3/c1-16-23(17(2)34-14-11-28-26(36)24(16)34)21-7-10-29-27(32-21)31-20-6-5-18(15-22(20)37-4)25(35)30-19-8-12-33(3)13-9-19/h5-7,10,15,19H,8-9,11-14H2,1-4H3,(H,28,36)(H,30,35)(H,29,31,32). The van der Waals surface area contributed by atoms with Gasteiger partial charge in [0, 0.05) is 42.1 Å². The highest BCUT2D eigenvalue weighted by molar-refractivity contribution is 5.98. The summed E-state index contributed by atoms with van der Waals surface area (Å²) < 4.78 is 7.63. The lowest BCUT2D eigenvalue weighted by atomic mass is 10.0. The molecular formula is C27H33N7O3. The second kappa shape index (κ2) is 10.2. The van der Waals surface area contributed by atoms with Crippen molar-refractivity contribution in [3.63, 3.8) is 0 Å². The molecule has 5 rings (SSSR count). The quantitative estimate of drug-likeness (QED) is 0.474. The van der Waals surface area contributed by atoms with Crippen LogP contribution in [0.2, 0.25) is 0 Å². The van der Waals surface area contributed by atoms with Gasteiger partial charge in [-0.05, 0) is 76.7 Å². The van der Waals surface area contributed by atoms with E-state index in [0.29, 0.717) is 35.2 Å². The molecule has 0 spiro atoms. The minimum absolute atomic E-state index is 0.0600. The van der Waals surface area contributed by atoms with Gasteiger partial charge < -0.3 is 30.2 Å². The molecule has 2 aliphatic rings. The molecule has 0 unspecified atom stereocenters. The first-order valence-electron chi connectivity index (χ1n) is 12.6. The highest BCUT2D eigenvalue weighted by atomic mass is 16.5. The Kier molecular flexibility index (Phi) is 6.84. The lowest BCUT2D eigenvalue weighted by Crippen LogP contribution is -2.43. The van der Waals surface area contributed by atoms with E-state index in [1.807, 2.05) is 19.9 Å². The molecule has 2 aromatic heterocycles. The molecule has 2 aliphatic heterocycles.